The fourth-order valence-electron chi connectivity index (χ4n) is 2.72. The van der Waals surface area contributed by atoms with Gasteiger partial charge in [0, 0.05) is 18.5 Å². The second kappa shape index (κ2) is 9.80. The molecule has 0 aliphatic carbocycles. The van der Waals surface area contributed by atoms with E-state index in [1.54, 1.807) is 24.3 Å². The van der Waals surface area contributed by atoms with Crippen molar-refractivity contribution in [2.75, 3.05) is 6.26 Å². The maximum Gasteiger partial charge on any atom is 0.306 e. The molecular weight excluding hydrogens is 338 g/mol. The molecule has 1 atom stereocenters. The van der Waals surface area contributed by atoms with Gasteiger partial charge in [-0.1, -0.05) is 38.8 Å². The maximum atomic E-state index is 12.9. The Hall–Kier alpha value is -1.56. The highest BCUT2D eigenvalue weighted by atomic mass is 32.2. The minimum absolute atomic E-state index is 0.0650. The van der Waals surface area contributed by atoms with E-state index in [4.69, 9.17) is 4.18 Å². The Labute approximate surface area is 152 Å². The molecule has 0 N–H and O–H groups in total. The average molecular weight is 370 g/mol. The van der Waals surface area contributed by atoms with Crippen molar-refractivity contribution in [3.05, 3.63) is 29.8 Å². The quantitative estimate of drug-likeness (QED) is 0.585. The largest absolute Gasteiger partial charge is 0.383 e. The Morgan fingerprint density at radius 1 is 1.16 bits per heavy atom. The first-order chi connectivity index (χ1) is 11.7. The van der Waals surface area contributed by atoms with E-state index >= 15 is 0 Å². The topological polar surface area (TPSA) is 63.7 Å². The van der Waals surface area contributed by atoms with Gasteiger partial charge in [0.2, 0.25) is 5.91 Å². The maximum absolute atomic E-state index is 12.9. The molecule has 1 aromatic rings. The van der Waals surface area contributed by atoms with E-state index in [2.05, 4.69) is 13.8 Å². The SMILES string of the molecule is CCCCC(CC)C(=O)N(Cc1ccc(OS(C)(=O)=O)cc1)C(C)C. The Bertz CT molecular complexity index is 638. The van der Waals surface area contributed by atoms with Crippen molar-refractivity contribution in [3.63, 3.8) is 0 Å². The van der Waals surface area contributed by atoms with Crippen molar-refractivity contribution in [1.82, 2.24) is 4.90 Å². The van der Waals surface area contributed by atoms with E-state index in [0.717, 1.165) is 37.5 Å². The van der Waals surface area contributed by atoms with Gasteiger partial charge in [-0.25, -0.2) is 0 Å². The number of rotatable bonds is 10. The molecule has 0 saturated carbocycles. The van der Waals surface area contributed by atoms with Crippen LogP contribution >= 0.6 is 0 Å². The molecule has 5 nitrogen and oxygen atoms in total. The predicted molar refractivity (Wildman–Crippen MR) is 101 cm³/mol. The summed E-state index contributed by atoms with van der Waals surface area (Å²) in [5.41, 5.74) is 0.952. The molecule has 0 aromatic heterocycles. The lowest BCUT2D eigenvalue weighted by Crippen LogP contribution is -2.40. The van der Waals surface area contributed by atoms with E-state index in [9.17, 15) is 13.2 Å². The Balaban J connectivity index is 2.85. The van der Waals surface area contributed by atoms with E-state index in [1.807, 2.05) is 18.7 Å². The highest BCUT2D eigenvalue weighted by Crippen LogP contribution is 2.21. The van der Waals surface area contributed by atoms with E-state index in [1.165, 1.54) is 0 Å². The third-order valence-corrected chi connectivity index (χ3v) is 4.67. The number of benzene rings is 1. The number of unbranched alkanes of at least 4 members (excludes halogenated alkanes) is 1. The van der Waals surface area contributed by atoms with E-state index in [0.29, 0.717) is 6.54 Å². The molecule has 0 fully saturated rings. The van der Waals surface area contributed by atoms with Gasteiger partial charge >= 0.3 is 10.1 Å². The third kappa shape index (κ3) is 7.46. The molecule has 0 bridgehead atoms. The lowest BCUT2D eigenvalue weighted by atomic mass is 9.97. The third-order valence-electron chi connectivity index (χ3n) is 4.18. The molecule has 25 heavy (non-hydrogen) atoms. The first-order valence-electron chi connectivity index (χ1n) is 8.96. The lowest BCUT2D eigenvalue weighted by Gasteiger charge is -2.30. The van der Waals surface area contributed by atoms with Gasteiger partial charge in [-0.3, -0.25) is 4.79 Å². The smallest absolute Gasteiger partial charge is 0.306 e. The minimum Gasteiger partial charge on any atom is -0.383 e. The summed E-state index contributed by atoms with van der Waals surface area (Å²) >= 11 is 0. The van der Waals surface area contributed by atoms with E-state index < -0.39 is 10.1 Å². The van der Waals surface area contributed by atoms with Crippen LogP contribution in [0.2, 0.25) is 0 Å². The number of nitrogens with zero attached hydrogens (tertiary/aromatic N) is 1. The summed E-state index contributed by atoms with van der Waals surface area (Å²) in [4.78, 5) is 14.8. The van der Waals surface area contributed by atoms with Gasteiger partial charge in [0.15, 0.2) is 0 Å². The molecule has 0 radical (unpaired) electrons. The second-order valence-corrected chi connectivity index (χ2v) is 8.31. The number of amides is 1. The zero-order chi connectivity index (χ0) is 19.0. The lowest BCUT2D eigenvalue weighted by molar-refractivity contribution is -0.138. The van der Waals surface area contributed by atoms with Crippen LogP contribution in [0.1, 0.15) is 58.9 Å². The van der Waals surface area contributed by atoms with Crippen LogP contribution in [0.3, 0.4) is 0 Å². The highest BCUT2D eigenvalue weighted by molar-refractivity contribution is 7.86. The molecule has 0 spiro atoms. The number of carbonyl (C=O) groups excluding carboxylic acids is 1. The van der Waals surface area contributed by atoms with Crippen LogP contribution in [0.15, 0.2) is 24.3 Å². The zero-order valence-corrected chi connectivity index (χ0v) is 16.8. The van der Waals surface area contributed by atoms with Gasteiger partial charge in [0.05, 0.1) is 6.26 Å². The van der Waals surface area contributed by atoms with Crippen LogP contribution in [0.5, 0.6) is 5.75 Å². The van der Waals surface area contributed by atoms with Crippen molar-refractivity contribution in [3.8, 4) is 5.75 Å². The monoisotopic (exact) mass is 369 g/mol. The summed E-state index contributed by atoms with van der Waals surface area (Å²) in [6, 6.07) is 6.95. The summed E-state index contributed by atoms with van der Waals surface area (Å²) < 4.78 is 27.2. The molecule has 0 heterocycles. The Morgan fingerprint density at radius 2 is 1.76 bits per heavy atom. The second-order valence-electron chi connectivity index (χ2n) is 6.74. The Kier molecular flexibility index (Phi) is 8.42. The summed E-state index contributed by atoms with van der Waals surface area (Å²) in [5, 5.41) is 0. The first kappa shape index (κ1) is 21.5. The number of hydrogen-bond donors (Lipinski definition) is 0. The normalized spacial score (nSPS) is 12.9. The van der Waals surface area contributed by atoms with Gasteiger partial charge < -0.3 is 9.08 Å². The molecular formula is C19H31NO4S. The minimum atomic E-state index is -3.53. The van der Waals surface area contributed by atoms with Gasteiger partial charge in [-0.15, -0.1) is 0 Å². The van der Waals surface area contributed by atoms with Crippen LogP contribution in [0.4, 0.5) is 0 Å². The molecule has 0 aliphatic heterocycles. The van der Waals surface area contributed by atoms with Crippen molar-refractivity contribution < 1.29 is 17.4 Å². The number of hydrogen-bond acceptors (Lipinski definition) is 4. The van der Waals surface area contributed by atoms with Gasteiger partial charge in [0.25, 0.3) is 0 Å². The standard InChI is InChI=1S/C19H31NO4S/c1-6-8-9-17(7-2)19(21)20(15(3)4)14-16-10-12-18(13-11-16)24-25(5,22)23/h10-13,15,17H,6-9,14H2,1-5H3. The molecule has 1 aromatic carbocycles. The van der Waals surface area contributed by atoms with Gasteiger partial charge in [-0.05, 0) is 44.4 Å². The van der Waals surface area contributed by atoms with Crippen molar-refractivity contribution >= 4 is 16.0 Å². The highest BCUT2D eigenvalue weighted by Gasteiger charge is 2.24. The zero-order valence-electron chi connectivity index (χ0n) is 16.0. The summed E-state index contributed by atoms with van der Waals surface area (Å²) in [6.07, 6.45) is 4.95. The summed E-state index contributed by atoms with van der Waals surface area (Å²) in [6.45, 7) is 8.75. The van der Waals surface area contributed by atoms with E-state index in [-0.39, 0.29) is 23.6 Å². The number of carbonyl (C=O) groups is 1. The fourth-order valence-corrected chi connectivity index (χ4v) is 3.18. The Morgan fingerprint density at radius 3 is 2.20 bits per heavy atom. The molecule has 1 amide bonds. The van der Waals surface area contributed by atoms with Crippen LogP contribution in [-0.4, -0.2) is 31.5 Å². The molecule has 0 aliphatic rings. The van der Waals surface area contributed by atoms with Crippen molar-refractivity contribution in [2.45, 2.75) is 66.0 Å². The molecule has 1 unspecified atom stereocenters. The molecule has 142 valence electrons. The van der Waals surface area contributed by atoms with Gasteiger partial charge in [0.1, 0.15) is 5.75 Å². The van der Waals surface area contributed by atoms with Crippen LogP contribution in [0.25, 0.3) is 0 Å². The summed E-state index contributed by atoms with van der Waals surface area (Å²) in [7, 11) is -3.53. The molecule has 1 rings (SSSR count). The molecule has 0 saturated heterocycles. The average Bonchev–Trinajstić information content (AvgIpc) is 2.52. The van der Waals surface area contributed by atoms with Crippen LogP contribution < -0.4 is 4.18 Å². The predicted octanol–water partition coefficient (Wildman–Crippen LogP) is 3.98. The fraction of sp³-hybridized carbons (Fsp3) is 0.632. The van der Waals surface area contributed by atoms with Crippen LogP contribution in [-0.2, 0) is 21.5 Å². The van der Waals surface area contributed by atoms with Crippen molar-refractivity contribution in [2.24, 2.45) is 5.92 Å². The van der Waals surface area contributed by atoms with Crippen LogP contribution in [0, 0.1) is 5.92 Å². The van der Waals surface area contributed by atoms with Gasteiger partial charge in [-0.2, -0.15) is 8.42 Å². The summed E-state index contributed by atoms with van der Waals surface area (Å²) in [5.74, 6) is 0.542. The molecule has 6 heteroatoms. The first-order valence-corrected chi connectivity index (χ1v) is 10.8. The van der Waals surface area contributed by atoms with Crippen molar-refractivity contribution in [1.29, 1.82) is 0 Å².